The summed E-state index contributed by atoms with van der Waals surface area (Å²) in [6.07, 6.45) is 1.14. The summed E-state index contributed by atoms with van der Waals surface area (Å²) in [5.74, 6) is -0.926. The van der Waals surface area contributed by atoms with Gasteiger partial charge in [0.25, 0.3) is 0 Å². The van der Waals surface area contributed by atoms with Crippen molar-refractivity contribution >= 4 is 34.4 Å². The first kappa shape index (κ1) is 11.0. The highest BCUT2D eigenvalue weighted by molar-refractivity contribution is 14.1. The fourth-order valence-corrected chi connectivity index (χ4v) is 1.71. The maximum atomic E-state index is 12.9. The number of alkyl halides is 3. The molecule has 0 N–H and O–H groups in total. The van der Waals surface area contributed by atoms with E-state index >= 15 is 0 Å². The van der Waals surface area contributed by atoms with Crippen molar-refractivity contribution in [1.29, 1.82) is 0 Å². The molecule has 0 spiro atoms. The van der Waals surface area contributed by atoms with Crippen molar-refractivity contribution in [2.24, 2.45) is 0 Å². The van der Waals surface area contributed by atoms with Crippen molar-refractivity contribution in [1.82, 2.24) is 4.98 Å². The van der Waals surface area contributed by atoms with E-state index in [2.05, 4.69) is 4.98 Å². The molecule has 0 radical (unpaired) electrons. The molecule has 1 rings (SSSR count). The van der Waals surface area contributed by atoms with E-state index in [0.29, 0.717) is 0 Å². The van der Waals surface area contributed by atoms with Crippen LogP contribution in [0.3, 0.4) is 0 Å². The van der Waals surface area contributed by atoms with E-state index in [-0.39, 0.29) is 3.57 Å². The average Bonchev–Trinajstić information content (AvgIpc) is 1.96. The number of halogens is 5. The van der Waals surface area contributed by atoms with Gasteiger partial charge in [0.1, 0.15) is 5.03 Å². The van der Waals surface area contributed by atoms with Crippen LogP contribution < -0.4 is 0 Å². The van der Waals surface area contributed by atoms with Crippen LogP contribution in [0.1, 0.15) is 0 Å². The van der Waals surface area contributed by atoms with Gasteiger partial charge in [-0.2, -0.15) is 13.2 Å². The van der Waals surface area contributed by atoms with Gasteiger partial charge in [0, 0.05) is 18.0 Å². The zero-order valence-electron chi connectivity index (χ0n) is 5.90. The average molecular weight is 323 g/mol. The molecule has 0 fully saturated rings. The van der Waals surface area contributed by atoms with Crippen molar-refractivity contribution in [3.8, 4) is 0 Å². The van der Waals surface area contributed by atoms with Gasteiger partial charge in [0.15, 0.2) is 5.82 Å². The molecule has 7 heteroatoms. The van der Waals surface area contributed by atoms with Crippen LogP contribution in [-0.2, 0) is 0 Å². The molecule has 0 amide bonds. The zero-order valence-corrected chi connectivity index (χ0v) is 8.87. The van der Waals surface area contributed by atoms with Gasteiger partial charge >= 0.3 is 5.51 Å². The maximum Gasteiger partial charge on any atom is 0.447 e. The summed E-state index contributed by atoms with van der Waals surface area (Å²) < 4.78 is 48.5. The van der Waals surface area contributed by atoms with E-state index in [0.717, 1.165) is 6.20 Å². The van der Waals surface area contributed by atoms with Gasteiger partial charge in [0.2, 0.25) is 0 Å². The van der Waals surface area contributed by atoms with Crippen molar-refractivity contribution in [2.45, 2.75) is 10.5 Å². The van der Waals surface area contributed by atoms with Gasteiger partial charge in [-0.15, -0.1) is 0 Å². The largest absolute Gasteiger partial charge is 0.447 e. The van der Waals surface area contributed by atoms with E-state index in [1.165, 1.54) is 6.07 Å². The lowest BCUT2D eigenvalue weighted by Gasteiger charge is -2.05. The standard InChI is InChI=1S/C6H2F4INS/c7-4-3(11)1-2-12-5(4)13-6(8,9)10/h1-2H. The highest BCUT2D eigenvalue weighted by Crippen LogP contribution is 2.37. The quantitative estimate of drug-likeness (QED) is 0.446. The lowest BCUT2D eigenvalue weighted by molar-refractivity contribution is -0.0330. The summed E-state index contributed by atoms with van der Waals surface area (Å²) in [4.78, 5) is 3.29. The predicted molar refractivity (Wildman–Crippen MR) is 48.8 cm³/mol. The molecule has 0 saturated heterocycles. The van der Waals surface area contributed by atoms with Crippen molar-refractivity contribution < 1.29 is 17.6 Å². The van der Waals surface area contributed by atoms with E-state index in [1.54, 1.807) is 22.6 Å². The Balaban J connectivity index is 2.96. The van der Waals surface area contributed by atoms with Crippen LogP contribution in [0.4, 0.5) is 17.6 Å². The number of thioether (sulfide) groups is 1. The Kier molecular flexibility index (Phi) is 3.38. The SMILES string of the molecule is Fc1c(I)ccnc1SC(F)(F)F. The number of hydrogen-bond acceptors (Lipinski definition) is 2. The van der Waals surface area contributed by atoms with Crippen LogP contribution >= 0.6 is 34.4 Å². The molecule has 0 bridgehead atoms. The molecule has 72 valence electrons. The lowest BCUT2D eigenvalue weighted by Crippen LogP contribution is -2.02. The molecule has 0 aliphatic carbocycles. The molecule has 1 aromatic heterocycles. The minimum absolute atomic E-state index is 0.124. The minimum atomic E-state index is -4.50. The van der Waals surface area contributed by atoms with E-state index in [1.807, 2.05) is 0 Å². The molecule has 0 atom stereocenters. The Morgan fingerprint density at radius 1 is 1.38 bits per heavy atom. The molecule has 1 heterocycles. The summed E-state index contributed by atoms with van der Waals surface area (Å²) in [6.45, 7) is 0. The summed E-state index contributed by atoms with van der Waals surface area (Å²) >= 11 is 1.06. The molecule has 0 aromatic carbocycles. The Morgan fingerprint density at radius 3 is 2.54 bits per heavy atom. The normalized spacial score (nSPS) is 11.8. The van der Waals surface area contributed by atoms with Gasteiger partial charge in [-0.25, -0.2) is 9.37 Å². The fourth-order valence-electron chi connectivity index (χ4n) is 0.583. The molecule has 1 aromatic rings. The molecule has 0 unspecified atom stereocenters. The van der Waals surface area contributed by atoms with E-state index in [4.69, 9.17) is 0 Å². The number of pyridine rings is 1. The second-order valence-electron chi connectivity index (χ2n) is 1.96. The molecule has 1 nitrogen and oxygen atoms in total. The molecular formula is C6H2F4INS. The Morgan fingerprint density at radius 2 is 2.00 bits per heavy atom. The van der Waals surface area contributed by atoms with Crippen molar-refractivity contribution in [2.75, 3.05) is 0 Å². The van der Waals surface area contributed by atoms with Gasteiger partial charge in [-0.1, -0.05) is 0 Å². The summed E-state index contributed by atoms with van der Waals surface area (Å²) in [6, 6.07) is 1.30. The third-order valence-electron chi connectivity index (χ3n) is 1.02. The highest BCUT2D eigenvalue weighted by Gasteiger charge is 2.31. The summed E-state index contributed by atoms with van der Waals surface area (Å²) in [5.41, 5.74) is -4.50. The first-order valence-corrected chi connectivity index (χ1v) is 4.85. The number of rotatable bonds is 1. The van der Waals surface area contributed by atoms with Crippen molar-refractivity contribution in [3.63, 3.8) is 0 Å². The third-order valence-corrected chi connectivity index (χ3v) is 2.57. The molecule has 0 saturated carbocycles. The van der Waals surface area contributed by atoms with E-state index < -0.39 is 28.1 Å². The van der Waals surface area contributed by atoms with Crippen LogP contribution in [-0.4, -0.2) is 10.5 Å². The summed E-state index contributed by atoms with van der Waals surface area (Å²) in [5, 5.41) is -0.639. The van der Waals surface area contributed by atoms with Gasteiger partial charge < -0.3 is 0 Å². The van der Waals surface area contributed by atoms with Crippen LogP contribution in [0.2, 0.25) is 0 Å². The first-order valence-electron chi connectivity index (χ1n) is 2.96. The van der Waals surface area contributed by atoms with Gasteiger partial charge in [0.05, 0.1) is 3.57 Å². The van der Waals surface area contributed by atoms with Gasteiger partial charge in [-0.3, -0.25) is 0 Å². The third kappa shape index (κ3) is 3.29. The van der Waals surface area contributed by atoms with Crippen LogP contribution in [0, 0.1) is 9.39 Å². The topological polar surface area (TPSA) is 12.9 Å². The van der Waals surface area contributed by atoms with Crippen LogP contribution in [0.15, 0.2) is 17.3 Å². The molecular weight excluding hydrogens is 321 g/mol. The zero-order chi connectivity index (χ0) is 10.1. The Labute approximate surface area is 89.1 Å². The smallest absolute Gasteiger partial charge is 0.246 e. The summed E-state index contributed by atoms with van der Waals surface area (Å²) in [7, 11) is 0. The minimum Gasteiger partial charge on any atom is -0.246 e. The van der Waals surface area contributed by atoms with Gasteiger partial charge in [-0.05, 0) is 28.7 Å². The van der Waals surface area contributed by atoms with E-state index in [9.17, 15) is 17.6 Å². The molecule has 0 aliphatic rings. The number of nitrogens with zero attached hydrogens (tertiary/aromatic N) is 1. The predicted octanol–water partition coefficient (Wildman–Crippen LogP) is 3.44. The monoisotopic (exact) mass is 323 g/mol. The van der Waals surface area contributed by atoms with Crippen molar-refractivity contribution in [3.05, 3.63) is 21.7 Å². The number of hydrogen-bond donors (Lipinski definition) is 0. The highest BCUT2D eigenvalue weighted by atomic mass is 127. The lowest BCUT2D eigenvalue weighted by atomic mass is 10.5. The van der Waals surface area contributed by atoms with Crippen LogP contribution in [0.25, 0.3) is 0 Å². The fraction of sp³-hybridized carbons (Fsp3) is 0.167. The molecule has 13 heavy (non-hydrogen) atoms. The number of aromatic nitrogens is 1. The maximum absolute atomic E-state index is 12.9. The Hall–Kier alpha value is -0.0500. The molecule has 0 aliphatic heterocycles. The second-order valence-corrected chi connectivity index (χ2v) is 4.18. The van der Waals surface area contributed by atoms with Crippen LogP contribution in [0.5, 0.6) is 0 Å². The second kappa shape index (κ2) is 3.99. The Bertz CT molecular complexity index is 314. The first-order chi connectivity index (χ1) is 5.90.